The van der Waals surface area contributed by atoms with E-state index >= 15 is 0 Å². The van der Waals surface area contributed by atoms with E-state index in [9.17, 15) is 0 Å². The molecule has 0 amide bonds. The van der Waals surface area contributed by atoms with Crippen LogP contribution in [0.3, 0.4) is 0 Å². The maximum atomic E-state index is 5.62. The molecule has 0 aromatic carbocycles. The van der Waals surface area contributed by atoms with Crippen LogP contribution in [0.5, 0.6) is 0 Å². The van der Waals surface area contributed by atoms with Gasteiger partial charge in [0.25, 0.3) is 0 Å². The van der Waals surface area contributed by atoms with Gasteiger partial charge in [-0.3, -0.25) is 0 Å². The first-order valence-corrected chi connectivity index (χ1v) is 8.48. The maximum absolute atomic E-state index is 5.62. The molecule has 20 heavy (non-hydrogen) atoms. The predicted octanol–water partition coefficient (Wildman–Crippen LogP) is 3.97. The molecule has 114 valence electrons. The summed E-state index contributed by atoms with van der Waals surface area (Å²) in [6.07, 6.45) is 2.75. The van der Waals surface area contributed by atoms with Crippen molar-refractivity contribution in [1.82, 2.24) is 10.3 Å². The maximum Gasteiger partial charge on any atom is 0.0985 e. The molecule has 1 atom stereocenters. The lowest BCUT2D eigenvalue weighted by Gasteiger charge is -2.37. The second-order valence-corrected chi connectivity index (χ2v) is 7.88. The van der Waals surface area contributed by atoms with Gasteiger partial charge in [0.15, 0.2) is 0 Å². The number of nitrogens with zero attached hydrogens (tertiary/aromatic N) is 1. The molecule has 0 spiro atoms. The number of aromatic nitrogens is 1. The van der Waals surface area contributed by atoms with E-state index in [1.54, 1.807) is 0 Å². The molecular weight excluding hydrogens is 268 g/mol. The first kappa shape index (κ1) is 15.9. The smallest absolute Gasteiger partial charge is 0.0985 e. The van der Waals surface area contributed by atoms with Crippen molar-refractivity contribution in [2.24, 2.45) is 0 Å². The zero-order valence-electron chi connectivity index (χ0n) is 13.6. The van der Waals surface area contributed by atoms with Gasteiger partial charge < -0.3 is 10.1 Å². The molecule has 2 rings (SSSR count). The van der Waals surface area contributed by atoms with Crippen molar-refractivity contribution in [3.05, 3.63) is 15.6 Å². The number of hydrogen-bond acceptors (Lipinski definition) is 4. The van der Waals surface area contributed by atoms with Crippen LogP contribution in [0, 0.1) is 6.92 Å². The van der Waals surface area contributed by atoms with Gasteiger partial charge in [-0.15, -0.1) is 11.3 Å². The van der Waals surface area contributed by atoms with Gasteiger partial charge in [0.2, 0.25) is 0 Å². The Hall–Kier alpha value is -0.450. The fraction of sp³-hybridized carbons (Fsp3) is 0.812. The Balaban J connectivity index is 1.93. The zero-order chi connectivity index (χ0) is 14.9. The quantitative estimate of drug-likeness (QED) is 0.893. The van der Waals surface area contributed by atoms with Crippen LogP contribution in [-0.4, -0.2) is 23.7 Å². The molecule has 1 fully saturated rings. The van der Waals surface area contributed by atoms with E-state index in [-0.39, 0.29) is 5.41 Å². The summed E-state index contributed by atoms with van der Waals surface area (Å²) in [6.45, 7) is 14.0. The Morgan fingerprint density at radius 1 is 1.40 bits per heavy atom. The number of ether oxygens (including phenoxy) is 1. The van der Waals surface area contributed by atoms with Gasteiger partial charge in [0, 0.05) is 29.0 Å². The summed E-state index contributed by atoms with van der Waals surface area (Å²) in [4.78, 5) is 6.14. The van der Waals surface area contributed by atoms with Gasteiger partial charge in [-0.05, 0) is 33.6 Å². The topological polar surface area (TPSA) is 34.1 Å². The Morgan fingerprint density at radius 3 is 2.55 bits per heavy atom. The summed E-state index contributed by atoms with van der Waals surface area (Å²) in [5, 5.41) is 4.95. The van der Waals surface area contributed by atoms with Crippen LogP contribution in [0.25, 0.3) is 0 Å². The van der Waals surface area contributed by atoms with E-state index in [1.807, 2.05) is 11.3 Å². The van der Waals surface area contributed by atoms with E-state index in [1.165, 1.54) is 15.6 Å². The van der Waals surface area contributed by atoms with Crippen LogP contribution in [0.1, 0.15) is 69.1 Å². The van der Waals surface area contributed by atoms with Crippen LogP contribution in [0.4, 0.5) is 0 Å². The summed E-state index contributed by atoms with van der Waals surface area (Å²) in [6, 6.07) is 0.984. The first-order valence-electron chi connectivity index (χ1n) is 7.66. The van der Waals surface area contributed by atoms with E-state index in [0.29, 0.717) is 18.2 Å². The minimum Gasteiger partial charge on any atom is -0.378 e. The molecule has 1 N–H and O–H groups in total. The normalized spacial score (nSPS) is 24.5. The molecule has 4 heteroatoms. The van der Waals surface area contributed by atoms with E-state index in [4.69, 9.17) is 9.72 Å². The summed E-state index contributed by atoms with van der Waals surface area (Å²) in [5.74, 6) is 0. The number of rotatable bonds is 5. The molecular formula is C16H28N2OS. The SMILES string of the molecule is CCOC1CC(NC(C)c2sc(C(C)(C)C)nc2C)C1. The van der Waals surface area contributed by atoms with Crippen molar-refractivity contribution in [3.63, 3.8) is 0 Å². The molecule has 1 aromatic heterocycles. The Bertz CT molecular complexity index is 444. The van der Waals surface area contributed by atoms with Crippen molar-refractivity contribution in [2.45, 2.75) is 78.0 Å². The Labute approximate surface area is 127 Å². The highest BCUT2D eigenvalue weighted by Crippen LogP contribution is 2.34. The van der Waals surface area contributed by atoms with Gasteiger partial charge in [0.05, 0.1) is 16.8 Å². The van der Waals surface area contributed by atoms with E-state index in [2.05, 4.69) is 46.9 Å². The predicted molar refractivity (Wildman–Crippen MR) is 85.5 cm³/mol. The first-order chi connectivity index (χ1) is 9.31. The third-order valence-electron chi connectivity index (χ3n) is 3.85. The molecule has 1 saturated carbocycles. The lowest BCUT2D eigenvalue weighted by molar-refractivity contribution is -0.0119. The molecule has 0 bridgehead atoms. The van der Waals surface area contributed by atoms with Crippen LogP contribution >= 0.6 is 11.3 Å². The minimum absolute atomic E-state index is 0.143. The van der Waals surface area contributed by atoms with Crippen LogP contribution < -0.4 is 5.32 Å². The fourth-order valence-electron chi connectivity index (χ4n) is 2.63. The monoisotopic (exact) mass is 296 g/mol. The lowest BCUT2D eigenvalue weighted by Crippen LogP contribution is -2.46. The van der Waals surface area contributed by atoms with Crippen molar-refractivity contribution in [3.8, 4) is 0 Å². The standard InChI is InChI=1S/C16H28N2OS/c1-7-19-13-8-12(9-13)17-10(2)14-11(3)18-15(20-14)16(4,5)6/h10,12-13,17H,7-9H2,1-6H3. The molecule has 1 aromatic rings. The number of nitrogens with one attached hydrogen (secondary N) is 1. The molecule has 0 aliphatic heterocycles. The van der Waals surface area contributed by atoms with E-state index in [0.717, 1.165) is 19.4 Å². The third-order valence-corrected chi connectivity index (χ3v) is 5.62. The average molecular weight is 296 g/mol. The van der Waals surface area contributed by atoms with Crippen LogP contribution in [0.15, 0.2) is 0 Å². The van der Waals surface area contributed by atoms with Gasteiger partial charge in [0.1, 0.15) is 0 Å². The van der Waals surface area contributed by atoms with Gasteiger partial charge in [-0.1, -0.05) is 20.8 Å². The van der Waals surface area contributed by atoms with E-state index < -0.39 is 0 Å². The highest BCUT2D eigenvalue weighted by atomic mass is 32.1. The van der Waals surface area contributed by atoms with Gasteiger partial charge in [-0.2, -0.15) is 0 Å². The highest BCUT2D eigenvalue weighted by molar-refractivity contribution is 7.12. The Kier molecular flexibility index (Phi) is 4.88. The minimum atomic E-state index is 0.143. The molecule has 1 aliphatic carbocycles. The largest absolute Gasteiger partial charge is 0.378 e. The average Bonchev–Trinajstić information content (AvgIpc) is 2.68. The number of aryl methyl sites for hydroxylation is 1. The molecule has 0 saturated heterocycles. The summed E-state index contributed by atoms with van der Waals surface area (Å²) in [7, 11) is 0. The lowest BCUT2D eigenvalue weighted by atomic mass is 9.88. The summed E-state index contributed by atoms with van der Waals surface area (Å²) in [5.41, 5.74) is 1.32. The second-order valence-electron chi connectivity index (χ2n) is 6.85. The van der Waals surface area contributed by atoms with Crippen molar-refractivity contribution in [1.29, 1.82) is 0 Å². The zero-order valence-corrected chi connectivity index (χ0v) is 14.4. The van der Waals surface area contributed by atoms with Gasteiger partial charge >= 0.3 is 0 Å². The van der Waals surface area contributed by atoms with Crippen LogP contribution in [0.2, 0.25) is 0 Å². The molecule has 3 nitrogen and oxygen atoms in total. The van der Waals surface area contributed by atoms with Crippen molar-refractivity contribution in [2.75, 3.05) is 6.61 Å². The fourth-order valence-corrected chi connectivity index (χ4v) is 3.77. The highest BCUT2D eigenvalue weighted by Gasteiger charge is 2.31. The summed E-state index contributed by atoms with van der Waals surface area (Å²) < 4.78 is 5.62. The molecule has 1 unspecified atom stereocenters. The second kappa shape index (κ2) is 6.12. The van der Waals surface area contributed by atoms with Crippen molar-refractivity contribution < 1.29 is 4.74 Å². The molecule has 0 radical (unpaired) electrons. The molecule has 1 aliphatic rings. The molecule has 1 heterocycles. The number of thiazole rings is 1. The third kappa shape index (κ3) is 3.60. The van der Waals surface area contributed by atoms with Gasteiger partial charge in [-0.25, -0.2) is 4.98 Å². The number of hydrogen-bond donors (Lipinski definition) is 1. The van der Waals surface area contributed by atoms with Crippen LogP contribution in [-0.2, 0) is 10.2 Å². The Morgan fingerprint density at radius 2 is 2.05 bits per heavy atom. The summed E-state index contributed by atoms with van der Waals surface area (Å²) >= 11 is 1.86. The van der Waals surface area contributed by atoms with Crippen molar-refractivity contribution >= 4 is 11.3 Å².